The summed E-state index contributed by atoms with van der Waals surface area (Å²) in [6.07, 6.45) is 1.92. The molecular formula is C15H13N3O4S3. The first kappa shape index (κ1) is 17.6. The standard InChI is InChI=1S/C15H13N3O4S3/c1-9-3-5-11(18(19)20)8-14(9)25(21,22)17-10-4-6-12-13(7-10)24-15(16-12)23-2/h3-8,17H,1-2H3. The van der Waals surface area contributed by atoms with Crippen LogP contribution in [0.4, 0.5) is 11.4 Å². The highest BCUT2D eigenvalue weighted by Gasteiger charge is 2.21. The molecule has 0 fully saturated rings. The van der Waals surface area contributed by atoms with Gasteiger partial charge in [0.1, 0.15) is 0 Å². The molecule has 10 heteroatoms. The summed E-state index contributed by atoms with van der Waals surface area (Å²) in [6, 6.07) is 8.83. The van der Waals surface area contributed by atoms with Gasteiger partial charge in [0.05, 0.1) is 25.7 Å². The molecule has 0 saturated heterocycles. The number of fused-ring (bicyclic) bond motifs is 1. The van der Waals surface area contributed by atoms with E-state index in [2.05, 4.69) is 9.71 Å². The van der Waals surface area contributed by atoms with Gasteiger partial charge in [0.25, 0.3) is 15.7 Å². The van der Waals surface area contributed by atoms with E-state index in [1.165, 1.54) is 35.2 Å². The maximum absolute atomic E-state index is 12.6. The van der Waals surface area contributed by atoms with Crippen molar-refractivity contribution in [2.75, 3.05) is 11.0 Å². The molecule has 0 amide bonds. The lowest BCUT2D eigenvalue weighted by Gasteiger charge is -2.10. The van der Waals surface area contributed by atoms with Crippen LogP contribution < -0.4 is 4.72 Å². The molecule has 130 valence electrons. The molecule has 0 bridgehead atoms. The Balaban J connectivity index is 1.99. The minimum atomic E-state index is -3.94. The number of nitrogens with zero attached hydrogens (tertiary/aromatic N) is 2. The molecule has 0 radical (unpaired) electrons. The van der Waals surface area contributed by atoms with E-state index in [4.69, 9.17) is 0 Å². The van der Waals surface area contributed by atoms with Crippen molar-refractivity contribution in [2.45, 2.75) is 16.2 Å². The van der Waals surface area contributed by atoms with Gasteiger partial charge in [-0.05, 0) is 36.9 Å². The van der Waals surface area contributed by atoms with Crippen LogP contribution in [0.25, 0.3) is 10.2 Å². The van der Waals surface area contributed by atoms with Crippen LogP contribution >= 0.6 is 23.1 Å². The Morgan fingerprint density at radius 2 is 2.00 bits per heavy atom. The zero-order valence-corrected chi connectivity index (χ0v) is 15.7. The van der Waals surface area contributed by atoms with Crippen molar-refractivity contribution < 1.29 is 13.3 Å². The van der Waals surface area contributed by atoms with E-state index in [1.807, 2.05) is 6.26 Å². The molecule has 1 aromatic heterocycles. The predicted octanol–water partition coefficient (Wildman–Crippen LogP) is 4.04. The number of anilines is 1. The van der Waals surface area contributed by atoms with Crippen LogP contribution in [0.1, 0.15) is 5.56 Å². The number of rotatable bonds is 5. The van der Waals surface area contributed by atoms with Gasteiger partial charge >= 0.3 is 0 Å². The molecule has 0 aliphatic carbocycles. The van der Waals surface area contributed by atoms with Crippen molar-refractivity contribution in [3.63, 3.8) is 0 Å². The Morgan fingerprint density at radius 3 is 2.68 bits per heavy atom. The number of thioether (sulfide) groups is 1. The van der Waals surface area contributed by atoms with E-state index in [9.17, 15) is 18.5 Å². The predicted molar refractivity (Wildman–Crippen MR) is 100 cm³/mol. The number of nitro benzene ring substituents is 1. The van der Waals surface area contributed by atoms with Crippen molar-refractivity contribution in [2.24, 2.45) is 0 Å². The summed E-state index contributed by atoms with van der Waals surface area (Å²) in [5.74, 6) is 0. The molecule has 0 atom stereocenters. The number of sulfonamides is 1. The second-order valence-corrected chi connectivity index (χ2v) is 8.91. The molecule has 0 aliphatic heterocycles. The fraction of sp³-hybridized carbons (Fsp3) is 0.133. The van der Waals surface area contributed by atoms with Gasteiger partial charge in [-0.25, -0.2) is 13.4 Å². The Labute approximate surface area is 152 Å². The molecule has 3 rings (SSSR count). The molecule has 3 aromatic rings. The number of thiazole rings is 1. The summed E-state index contributed by atoms with van der Waals surface area (Å²) in [4.78, 5) is 14.6. The first-order valence-electron chi connectivity index (χ1n) is 7.02. The third kappa shape index (κ3) is 3.60. The maximum atomic E-state index is 12.6. The number of nitrogens with one attached hydrogen (secondary N) is 1. The van der Waals surface area contributed by atoms with Gasteiger partial charge in [-0.3, -0.25) is 14.8 Å². The number of hydrogen-bond acceptors (Lipinski definition) is 7. The number of hydrogen-bond donors (Lipinski definition) is 1. The first-order valence-corrected chi connectivity index (χ1v) is 10.5. The normalized spacial score (nSPS) is 11.6. The van der Waals surface area contributed by atoms with Crippen LogP contribution in [0.5, 0.6) is 0 Å². The first-order chi connectivity index (χ1) is 11.8. The van der Waals surface area contributed by atoms with Gasteiger partial charge in [0.2, 0.25) is 0 Å². The molecule has 1 N–H and O–H groups in total. The third-order valence-electron chi connectivity index (χ3n) is 3.47. The molecule has 2 aromatic carbocycles. The second-order valence-electron chi connectivity index (χ2n) is 5.18. The van der Waals surface area contributed by atoms with Crippen LogP contribution in [0.2, 0.25) is 0 Å². The number of aromatic nitrogens is 1. The molecule has 1 heterocycles. The maximum Gasteiger partial charge on any atom is 0.270 e. The third-order valence-corrected chi connectivity index (χ3v) is 6.99. The van der Waals surface area contributed by atoms with E-state index in [-0.39, 0.29) is 10.6 Å². The number of non-ortho nitro benzene ring substituents is 1. The molecule has 0 unspecified atom stereocenters. The van der Waals surface area contributed by atoms with Crippen LogP contribution in [0, 0.1) is 17.0 Å². The Kier molecular flexibility index (Phi) is 4.67. The average molecular weight is 395 g/mol. The van der Waals surface area contributed by atoms with Gasteiger partial charge in [0.15, 0.2) is 4.34 Å². The van der Waals surface area contributed by atoms with Crippen LogP contribution in [0.3, 0.4) is 0 Å². The van der Waals surface area contributed by atoms with Crippen LogP contribution in [-0.2, 0) is 10.0 Å². The lowest BCUT2D eigenvalue weighted by molar-refractivity contribution is -0.385. The van der Waals surface area contributed by atoms with Crippen molar-refractivity contribution in [1.82, 2.24) is 4.98 Å². The van der Waals surface area contributed by atoms with Crippen LogP contribution in [-0.4, -0.2) is 24.6 Å². The lowest BCUT2D eigenvalue weighted by atomic mass is 10.2. The molecule has 7 nitrogen and oxygen atoms in total. The average Bonchev–Trinajstić information content (AvgIpc) is 2.96. The molecular weight excluding hydrogens is 382 g/mol. The largest absolute Gasteiger partial charge is 0.280 e. The van der Waals surface area contributed by atoms with Crippen molar-refractivity contribution >= 4 is 54.7 Å². The molecule has 0 spiro atoms. The van der Waals surface area contributed by atoms with Gasteiger partial charge in [-0.15, -0.1) is 11.3 Å². The molecule has 0 saturated carbocycles. The Morgan fingerprint density at radius 1 is 1.24 bits per heavy atom. The van der Waals surface area contributed by atoms with E-state index in [0.717, 1.165) is 20.6 Å². The second kappa shape index (κ2) is 6.62. The lowest BCUT2D eigenvalue weighted by Crippen LogP contribution is -2.14. The Hall–Kier alpha value is -2.17. The number of aryl methyl sites for hydroxylation is 1. The van der Waals surface area contributed by atoms with Gasteiger partial charge in [0, 0.05) is 12.1 Å². The van der Waals surface area contributed by atoms with E-state index < -0.39 is 14.9 Å². The summed E-state index contributed by atoms with van der Waals surface area (Å²) in [7, 11) is -3.94. The minimum Gasteiger partial charge on any atom is -0.280 e. The fourth-order valence-electron chi connectivity index (χ4n) is 2.26. The van der Waals surface area contributed by atoms with Crippen LogP contribution in [0.15, 0.2) is 45.6 Å². The fourth-order valence-corrected chi connectivity index (χ4v) is 5.10. The summed E-state index contributed by atoms with van der Waals surface area (Å²) >= 11 is 2.99. The highest BCUT2D eigenvalue weighted by molar-refractivity contribution is 8.00. The zero-order chi connectivity index (χ0) is 18.2. The minimum absolute atomic E-state index is 0.115. The monoisotopic (exact) mass is 395 g/mol. The van der Waals surface area contributed by atoms with Gasteiger partial charge in [-0.1, -0.05) is 17.8 Å². The summed E-state index contributed by atoms with van der Waals surface area (Å²) in [5.41, 5.74) is 1.34. The van der Waals surface area contributed by atoms with Gasteiger partial charge in [-0.2, -0.15) is 0 Å². The Bertz CT molecular complexity index is 1080. The topological polar surface area (TPSA) is 102 Å². The molecule has 0 aliphatic rings. The van der Waals surface area contributed by atoms with E-state index in [1.54, 1.807) is 25.1 Å². The molecule has 25 heavy (non-hydrogen) atoms. The highest BCUT2D eigenvalue weighted by atomic mass is 32.2. The zero-order valence-electron chi connectivity index (χ0n) is 13.2. The summed E-state index contributed by atoms with van der Waals surface area (Å²) < 4.78 is 29.5. The van der Waals surface area contributed by atoms with Crippen molar-refractivity contribution in [3.05, 3.63) is 52.1 Å². The highest BCUT2D eigenvalue weighted by Crippen LogP contribution is 2.31. The van der Waals surface area contributed by atoms with Gasteiger partial charge < -0.3 is 0 Å². The quantitative estimate of drug-likeness (QED) is 0.397. The number of benzene rings is 2. The van der Waals surface area contributed by atoms with Crippen molar-refractivity contribution in [3.8, 4) is 0 Å². The van der Waals surface area contributed by atoms with E-state index >= 15 is 0 Å². The number of nitro groups is 1. The summed E-state index contributed by atoms with van der Waals surface area (Å²) in [5, 5.41) is 10.9. The smallest absolute Gasteiger partial charge is 0.270 e. The SMILES string of the molecule is CSc1nc2ccc(NS(=O)(=O)c3cc([N+](=O)[O-])ccc3C)cc2s1. The summed E-state index contributed by atoms with van der Waals surface area (Å²) in [6.45, 7) is 1.59. The van der Waals surface area contributed by atoms with E-state index in [0.29, 0.717) is 11.3 Å². The van der Waals surface area contributed by atoms with Crippen molar-refractivity contribution in [1.29, 1.82) is 0 Å².